The van der Waals surface area contributed by atoms with Gasteiger partial charge >= 0.3 is 6.09 Å². The number of fused-ring (bicyclic) bond motifs is 3. The number of alkyl carbamates (subject to hydrolysis) is 1. The number of ether oxygens (including phenoxy) is 1. The van der Waals surface area contributed by atoms with Gasteiger partial charge in [-0.1, -0.05) is 60.7 Å². The molecule has 0 atom stereocenters. The molecule has 0 fully saturated rings. The van der Waals surface area contributed by atoms with Gasteiger partial charge in [0.05, 0.1) is 4.92 Å². The number of hydrogen-bond acceptors (Lipinski definition) is 4. The van der Waals surface area contributed by atoms with Crippen molar-refractivity contribution in [1.82, 2.24) is 5.32 Å². The highest BCUT2D eigenvalue weighted by Gasteiger charge is 2.28. The van der Waals surface area contributed by atoms with E-state index < -0.39 is 11.0 Å². The molecule has 0 saturated carbocycles. The van der Waals surface area contributed by atoms with Gasteiger partial charge in [0.2, 0.25) is 0 Å². The predicted molar refractivity (Wildman–Crippen MR) is 125 cm³/mol. The van der Waals surface area contributed by atoms with Gasteiger partial charge in [-0.15, -0.1) is 0 Å². The van der Waals surface area contributed by atoms with Crippen LogP contribution < -0.4 is 5.32 Å². The van der Waals surface area contributed by atoms with Crippen molar-refractivity contribution in [3.05, 3.63) is 105 Å². The van der Waals surface area contributed by atoms with E-state index >= 15 is 0 Å². The largest absolute Gasteiger partial charge is 0.449 e. The van der Waals surface area contributed by atoms with Crippen molar-refractivity contribution in [2.45, 2.75) is 19.3 Å². The molecule has 1 amide bonds. The van der Waals surface area contributed by atoms with Crippen LogP contribution in [0, 0.1) is 17.0 Å². The molecule has 0 unspecified atom stereocenters. The number of rotatable bonds is 7. The fourth-order valence-corrected chi connectivity index (χ4v) is 4.08. The Bertz CT molecular complexity index is 1140. The molecule has 3 aromatic rings. The molecule has 0 bridgehead atoms. The smallest absolute Gasteiger partial charge is 0.407 e. The highest BCUT2D eigenvalue weighted by Crippen LogP contribution is 2.44. The van der Waals surface area contributed by atoms with E-state index in [0.717, 1.165) is 11.1 Å². The molecule has 4 rings (SSSR count). The highest BCUT2D eigenvalue weighted by molar-refractivity contribution is 5.79. The van der Waals surface area contributed by atoms with Gasteiger partial charge in [-0.25, -0.2) is 4.79 Å². The fraction of sp³-hybridized carbons (Fsp3) is 0.192. The number of carbonyl (C=O) groups is 1. The highest BCUT2D eigenvalue weighted by atomic mass is 16.6. The van der Waals surface area contributed by atoms with E-state index in [1.54, 1.807) is 12.1 Å². The normalized spacial score (nSPS) is 12.4. The molecule has 0 spiro atoms. The molecule has 0 saturated heterocycles. The van der Waals surface area contributed by atoms with E-state index in [2.05, 4.69) is 29.6 Å². The number of benzene rings is 3. The molecule has 6 heteroatoms. The fourth-order valence-electron chi connectivity index (χ4n) is 4.08. The van der Waals surface area contributed by atoms with Crippen molar-refractivity contribution in [1.29, 1.82) is 0 Å². The Balaban J connectivity index is 1.27. The predicted octanol–water partition coefficient (Wildman–Crippen LogP) is 5.85. The van der Waals surface area contributed by atoms with Gasteiger partial charge in [0.15, 0.2) is 0 Å². The van der Waals surface area contributed by atoms with E-state index in [1.807, 2.05) is 43.3 Å². The van der Waals surface area contributed by atoms with Crippen molar-refractivity contribution in [2.75, 3.05) is 13.2 Å². The van der Waals surface area contributed by atoms with Crippen LogP contribution in [0.2, 0.25) is 0 Å². The lowest BCUT2D eigenvalue weighted by Crippen LogP contribution is -2.26. The summed E-state index contributed by atoms with van der Waals surface area (Å²) in [5.41, 5.74) is 6.59. The van der Waals surface area contributed by atoms with Gasteiger partial charge in [-0.05, 0) is 52.8 Å². The first-order valence-corrected chi connectivity index (χ1v) is 10.5. The summed E-state index contributed by atoms with van der Waals surface area (Å²) in [4.78, 5) is 22.6. The summed E-state index contributed by atoms with van der Waals surface area (Å²) in [5.74, 6) is 0.0400. The monoisotopic (exact) mass is 428 g/mol. The maximum Gasteiger partial charge on any atom is 0.407 e. The van der Waals surface area contributed by atoms with Crippen LogP contribution in [-0.2, 0) is 4.74 Å². The lowest BCUT2D eigenvalue weighted by Gasteiger charge is -2.14. The molecule has 1 N–H and O–H groups in total. The maximum absolute atomic E-state index is 12.2. The van der Waals surface area contributed by atoms with Gasteiger partial charge in [0, 0.05) is 24.6 Å². The third-order valence-electron chi connectivity index (χ3n) is 5.69. The summed E-state index contributed by atoms with van der Waals surface area (Å²) >= 11 is 0. The van der Waals surface area contributed by atoms with E-state index in [9.17, 15) is 14.9 Å². The van der Waals surface area contributed by atoms with Gasteiger partial charge in [0.25, 0.3) is 5.69 Å². The van der Waals surface area contributed by atoms with Crippen LogP contribution >= 0.6 is 0 Å². The molecule has 162 valence electrons. The maximum atomic E-state index is 12.2. The minimum Gasteiger partial charge on any atom is -0.449 e. The Hall–Kier alpha value is -3.93. The minimum atomic E-state index is -0.438. The standard InChI is InChI=1S/C26H24N2O4/c1-18-16-20(28(30)31)14-13-19(18)8-6-7-15-27-26(29)32-17-25-23-11-4-2-9-21(23)22-10-3-5-12-24(22)25/h2-6,8-14,16,25H,7,15,17H2,1H3,(H,27,29). The molecule has 6 nitrogen and oxygen atoms in total. The quantitative estimate of drug-likeness (QED) is 0.291. The Morgan fingerprint density at radius 1 is 1.06 bits per heavy atom. The average Bonchev–Trinajstić information content (AvgIpc) is 3.12. The summed E-state index contributed by atoms with van der Waals surface area (Å²) in [6.45, 7) is 2.57. The number of nitro benzene ring substituents is 1. The number of nitrogens with zero attached hydrogens (tertiary/aromatic N) is 1. The Morgan fingerprint density at radius 2 is 1.72 bits per heavy atom. The molecular weight excluding hydrogens is 404 g/mol. The number of nitrogens with one attached hydrogen (secondary N) is 1. The van der Waals surface area contributed by atoms with Crippen LogP contribution in [0.5, 0.6) is 0 Å². The molecule has 1 aliphatic rings. The topological polar surface area (TPSA) is 81.5 Å². The SMILES string of the molecule is Cc1cc([N+](=O)[O-])ccc1C=CCCNC(=O)OCC1c2ccccc2-c2ccccc21. The number of non-ortho nitro benzene ring substituents is 1. The molecular formula is C26H24N2O4. The van der Waals surface area contributed by atoms with Crippen LogP contribution in [0.1, 0.15) is 34.6 Å². The van der Waals surface area contributed by atoms with Crippen molar-refractivity contribution in [3.63, 3.8) is 0 Å². The Kier molecular flexibility index (Phi) is 6.31. The molecule has 0 heterocycles. The summed E-state index contributed by atoms with van der Waals surface area (Å²) in [6.07, 6.45) is 4.02. The number of hydrogen-bond donors (Lipinski definition) is 1. The van der Waals surface area contributed by atoms with Gasteiger partial charge in [-0.3, -0.25) is 10.1 Å². The summed E-state index contributed by atoms with van der Waals surface area (Å²) in [5, 5.41) is 13.6. The first kappa shape index (κ1) is 21.3. The van der Waals surface area contributed by atoms with Crippen molar-refractivity contribution in [3.8, 4) is 11.1 Å². The number of aryl methyl sites for hydroxylation is 1. The Morgan fingerprint density at radius 3 is 2.34 bits per heavy atom. The number of amides is 1. The molecule has 0 radical (unpaired) electrons. The molecule has 3 aromatic carbocycles. The van der Waals surface area contributed by atoms with Crippen molar-refractivity contribution < 1.29 is 14.5 Å². The second kappa shape index (κ2) is 9.47. The number of nitro groups is 1. The van der Waals surface area contributed by atoms with Crippen LogP contribution in [0.15, 0.2) is 72.8 Å². The third kappa shape index (κ3) is 4.54. The number of carbonyl (C=O) groups excluding carboxylic acids is 1. The summed E-state index contributed by atoms with van der Waals surface area (Å²) in [7, 11) is 0. The van der Waals surface area contributed by atoms with Gasteiger partial charge < -0.3 is 10.1 Å². The zero-order valence-electron chi connectivity index (χ0n) is 17.8. The summed E-state index contributed by atoms with van der Waals surface area (Å²) in [6, 6.07) is 21.2. The van der Waals surface area contributed by atoms with Crippen LogP contribution in [0.4, 0.5) is 10.5 Å². The lowest BCUT2D eigenvalue weighted by atomic mass is 9.98. The van der Waals surface area contributed by atoms with Gasteiger partial charge in [0.1, 0.15) is 6.61 Å². The molecule has 0 aliphatic heterocycles. The average molecular weight is 428 g/mol. The van der Waals surface area contributed by atoms with E-state index in [1.165, 1.54) is 28.3 Å². The van der Waals surface area contributed by atoms with Crippen molar-refractivity contribution >= 4 is 17.9 Å². The van der Waals surface area contributed by atoms with Crippen LogP contribution in [0.25, 0.3) is 17.2 Å². The molecule has 1 aliphatic carbocycles. The first-order valence-electron chi connectivity index (χ1n) is 10.5. The second-order valence-electron chi connectivity index (χ2n) is 7.74. The van der Waals surface area contributed by atoms with E-state index in [4.69, 9.17) is 4.74 Å². The zero-order chi connectivity index (χ0) is 22.5. The zero-order valence-corrected chi connectivity index (χ0v) is 17.8. The van der Waals surface area contributed by atoms with Crippen LogP contribution in [0.3, 0.4) is 0 Å². The third-order valence-corrected chi connectivity index (χ3v) is 5.69. The Labute approximate surface area is 186 Å². The first-order chi connectivity index (χ1) is 15.5. The van der Waals surface area contributed by atoms with E-state index in [-0.39, 0.29) is 18.2 Å². The lowest BCUT2D eigenvalue weighted by molar-refractivity contribution is -0.384. The van der Waals surface area contributed by atoms with Crippen molar-refractivity contribution in [2.24, 2.45) is 0 Å². The summed E-state index contributed by atoms with van der Waals surface area (Å²) < 4.78 is 5.52. The molecule has 0 aromatic heterocycles. The minimum absolute atomic E-state index is 0.0400. The van der Waals surface area contributed by atoms with E-state index in [0.29, 0.717) is 13.0 Å². The molecule has 32 heavy (non-hydrogen) atoms. The van der Waals surface area contributed by atoms with Crippen LogP contribution in [-0.4, -0.2) is 24.2 Å². The van der Waals surface area contributed by atoms with Gasteiger partial charge in [-0.2, -0.15) is 0 Å². The second-order valence-corrected chi connectivity index (χ2v) is 7.74.